The van der Waals surface area contributed by atoms with E-state index in [1.54, 1.807) is 7.11 Å². The summed E-state index contributed by atoms with van der Waals surface area (Å²) in [5, 5.41) is 11.1. The van der Waals surface area contributed by atoms with Crippen LogP contribution in [0.1, 0.15) is 6.42 Å². The van der Waals surface area contributed by atoms with Gasteiger partial charge in [-0.05, 0) is 6.07 Å². The molecule has 0 aliphatic carbocycles. The Kier molecular flexibility index (Phi) is 5.01. The molecule has 1 aromatic carbocycles. The van der Waals surface area contributed by atoms with E-state index in [1.165, 1.54) is 18.2 Å². The highest BCUT2D eigenvalue weighted by atomic mass is 35.5. The van der Waals surface area contributed by atoms with Gasteiger partial charge < -0.3 is 9.47 Å². The van der Waals surface area contributed by atoms with Crippen LogP contribution >= 0.6 is 11.6 Å². The molecule has 0 aromatic heterocycles. The molecule has 1 rings (SSSR count). The normalized spacial score (nSPS) is 10.1. The molecule has 0 bridgehead atoms. The summed E-state index contributed by atoms with van der Waals surface area (Å²) in [5.41, 5.74) is -0.0817. The molecule has 0 amide bonds. The molecule has 0 N–H and O–H groups in total. The van der Waals surface area contributed by atoms with Crippen molar-refractivity contribution in [2.45, 2.75) is 6.42 Å². The maximum absolute atomic E-state index is 10.7. The Morgan fingerprint density at radius 1 is 1.44 bits per heavy atom. The van der Waals surface area contributed by atoms with E-state index in [-0.39, 0.29) is 11.4 Å². The predicted molar refractivity (Wildman–Crippen MR) is 60.1 cm³/mol. The number of hydrogen-bond donors (Lipinski definition) is 0. The van der Waals surface area contributed by atoms with Crippen LogP contribution in [0, 0.1) is 10.1 Å². The minimum Gasteiger partial charge on any atom is -0.487 e. The van der Waals surface area contributed by atoms with Gasteiger partial charge in [-0.15, -0.1) is 0 Å². The monoisotopic (exact) mass is 245 g/mol. The van der Waals surface area contributed by atoms with Gasteiger partial charge in [0, 0.05) is 37.3 Å². The quantitative estimate of drug-likeness (QED) is 0.439. The summed E-state index contributed by atoms with van der Waals surface area (Å²) in [6.45, 7) is 0.906. The van der Waals surface area contributed by atoms with Crippen molar-refractivity contribution < 1.29 is 14.4 Å². The van der Waals surface area contributed by atoms with E-state index < -0.39 is 4.92 Å². The molecule has 0 saturated carbocycles. The SMILES string of the molecule is COCCCOc1cc(Cl)ccc1[N+](=O)[O-]. The molecule has 0 unspecified atom stereocenters. The van der Waals surface area contributed by atoms with Gasteiger partial charge in [0.1, 0.15) is 0 Å². The minimum atomic E-state index is -0.498. The van der Waals surface area contributed by atoms with Gasteiger partial charge in [0.25, 0.3) is 0 Å². The second kappa shape index (κ2) is 6.30. The average molecular weight is 246 g/mol. The van der Waals surface area contributed by atoms with Crippen LogP contribution in [0.3, 0.4) is 0 Å². The maximum Gasteiger partial charge on any atom is 0.311 e. The third kappa shape index (κ3) is 3.67. The average Bonchev–Trinajstić information content (AvgIpc) is 2.24. The second-order valence-electron chi connectivity index (χ2n) is 3.06. The molecule has 16 heavy (non-hydrogen) atoms. The summed E-state index contributed by atoms with van der Waals surface area (Å²) in [7, 11) is 1.59. The fourth-order valence-corrected chi connectivity index (χ4v) is 1.30. The first-order chi connectivity index (χ1) is 7.65. The molecule has 0 radical (unpaired) electrons. The van der Waals surface area contributed by atoms with E-state index in [2.05, 4.69) is 0 Å². The minimum absolute atomic E-state index is 0.0817. The summed E-state index contributed by atoms with van der Waals surface area (Å²) in [6.07, 6.45) is 0.667. The van der Waals surface area contributed by atoms with Crippen molar-refractivity contribution in [1.29, 1.82) is 0 Å². The van der Waals surface area contributed by atoms with Crippen LogP contribution in [-0.2, 0) is 4.74 Å². The molecule has 0 fully saturated rings. The topological polar surface area (TPSA) is 61.6 Å². The van der Waals surface area contributed by atoms with Gasteiger partial charge in [0.05, 0.1) is 11.5 Å². The molecule has 1 aromatic rings. The van der Waals surface area contributed by atoms with Gasteiger partial charge in [0.15, 0.2) is 5.75 Å². The van der Waals surface area contributed by atoms with Crippen molar-refractivity contribution in [1.82, 2.24) is 0 Å². The molecule has 0 saturated heterocycles. The summed E-state index contributed by atoms with van der Waals surface area (Å²) >= 11 is 5.73. The van der Waals surface area contributed by atoms with Crippen LogP contribution in [0.5, 0.6) is 5.75 Å². The Labute approximate surface area is 98.1 Å². The maximum atomic E-state index is 10.7. The van der Waals surface area contributed by atoms with Gasteiger partial charge in [-0.1, -0.05) is 11.6 Å². The molecule has 0 aliphatic rings. The van der Waals surface area contributed by atoms with Crippen molar-refractivity contribution in [2.24, 2.45) is 0 Å². The Balaban J connectivity index is 2.68. The lowest BCUT2D eigenvalue weighted by Gasteiger charge is -2.06. The molecule has 0 heterocycles. The van der Waals surface area contributed by atoms with Gasteiger partial charge in [-0.3, -0.25) is 10.1 Å². The molecule has 0 spiro atoms. The first kappa shape index (κ1) is 12.7. The van der Waals surface area contributed by atoms with Crippen LogP contribution in [0.15, 0.2) is 18.2 Å². The number of methoxy groups -OCH3 is 1. The van der Waals surface area contributed by atoms with Crippen molar-refractivity contribution in [3.05, 3.63) is 33.3 Å². The third-order valence-corrected chi connectivity index (χ3v) is 2.10. The van der Waals surface area contributed by atoms with Crippen molar-refractivity contribution in [3.63, 3.8) is 0 Å². The van der Waals surface area contributed by atoms with E-state index in [1.807, 2.05) is 0 Å². The molecular weight excluding hydrogens is 234 g/mol. The van der Waals surface area contributed by atoms with Gasteiger partial charge >= 0.3 is 5.69 Å². The van der Waals surface area contributed by atoms with Crippen molar-refractivity contribution in [2.75, 3.05) is 20.3 Å². The zero-order valence-corrected chi connectivity index (χ0v) is 9.57. The lowest BCUT2D eigenvalue weighted by molar-refractivity contribution is -0.385. The Morgan fingerprint density at radius 3 is 2.81 bits per heavy atom. The van der Waals surface area contributed by atoms with E-state index in [9.17, 15) is 10.1 Å². The fourth-order valence-electron chi connectivity index (χ4n) is 1.14. The number of ether oxygens (including phenoxy) is 2. The third-order valence-electron chi connectivity index (χ3n) is 1.87. The second-order valence-corrected chi connectivity index (χ2v) is 3.50. The molecule has 0 atom stereocenters. The van der Waals surface area contributed by atoms with Gasteiger partial charge in [-0.25, -0.2) is 0 Å². The fraction of sp³-hybridized carbons (Fsp3) is 0.400. The smallest absolute Gasteiger partial charge is 0.311 e. The first-order valence-electron chi connectivity index (χ1n) is 4.71. The standard InChI is InChI=1S/C10H12ClNO4/c1-15-5-2-6-16-10-7-8(11)3-4-9(10)12(13)14/h3-4,7H,2,5-6H2,1H3. The lowest BCUT2D eigenvalue weighted by Crippen LogP contribution is -2.03. The zero-order valence-electron chi connectivity index (χ0n) is 8.81. The predicted octanol–water partition coefficient (Wildman–Crippen LogP) is 2.66. The molecule has 0 aliphatic heterocycles. The largest absolute Gasteiger partial charge is 0.487 e. The summed E-state index contributed by atoms with van der Waals surface area (Å²) in [4.78, 5) is 10.2. The van der Waals surface area contributed by atoms with Crippen LogP contribution < -0.4 is 4.74 Å². The molecule has 88 valence electrons. The van der Waals surface area contributed by atoms with Crippen LogP contribution in [0.4, 0.5) is 5.69 Å². The number of rotatable bonds is 6. The highest BCUT2D eigenvalue weighted by Crippen LogP contribution is 2.29. The number of nitro groups is 1. The number of benzene rings is 1. The van der Waals surface area contributed by atoms with Crippen LogP contribution in [0.2, 0.25) is 5.02 Å². The van der Waals surface area contributed by atoms with E-state index in [0.29, 0.717) is 24.7 Å². The van der Waals surface area contributed by atoms with Gasteiger partial charge in [0.2, 0.25) is 0 Å². The lowest BCUT2D eigenvalue weighted by atomic mass is 10.3. The highest BCUT2D eigenvalue weighted by Gasteiger charge is 2.14. The van der Waals surface area contributed by atoms with E-state index >= 15 is 0 Å². The van der Waals surface area contributed by atoms with E-state index in [4.69, 9.17) is 21.1 Å². The first-order valence-corrected chi connectivity index (χ1v) is 5.08. The van der Waals surface area contributed by atoms with Crippen LogP contribution in [-0.4, -0.2) is 25.2 Å². The van der Waals surface area contributed by atoms with Gasteiger partial charge in [-0.2, -0.15) is 0 Å². The van der Waals surface area contributed by atoms with E-state index in [0.717, 1.165) is 0 Å². The number of halogens is 1. The number of hydrogen-bond acceptors (Lipinski definition) is 4. The Hall–Kier alpha value is -1.33. The summed E-state index contributed by atoms with van der Waals surface area (Å²) in [6, 6.07) is 4.22. The summed E-state index contributed by atoms with van der Waals surface area (Å²) < 4.78 is 10.1. The Bertz CT molecular complexity index is 370. The van der Waals surface area contributed by atoms with Crippen molar-refractivity contribution >= 4 is 17.3 Å². The summed E-state index contributed by atoms with van der Waals surface area (Å²) in [5.74, 6) is 0.189. The van der Waals surface area contributed by atoms with Crippen LogP contribution in [0.25, 0.3) is 0 Å². The zero-order chi connectivity index (χ0) is 12.0. The number of nitrogens with zero attached hydrogens (tertiary/aromatic N) is 1. The highest BCUT2D eigenvalue weighted by molar-refractivity contribution is 6.30. The molecular formula is C10H12ClNO4. The Morgan fingerprint density at radius 2 is 2.19 bits per heavy atom. The van der Waals surface area contributed by atoms with Crippen molar-refractivity contribution in [3.8, 4) is 5.75 Å². The molecule has 5 nitrogen and oxygen atoms in total. The molecule has 6 heteroatoms. The number of nitro benzene ring substituents is 1.